The van der Waals surface area contributed by atoms with Gasteiger partial charge in [-0.3, -0.25) is 14.2 Å². The molecular weight excluding hydrogens is 577 g/mol. The van der Waals surface area contributed by atoms with Gasteiger partial charge in [0.15, 0.2) is 0 Å². The molecule has 0 unspecified atom stereocenters. The van der Waals surface area contributed by atoms with Gasteiger partial charge in [-0.2, -0.15) is 0 Å². The summed E-state index contributed by atoms with van der Waals surface area (Å²) in [6.07, 6.45) is 3.48. The minimum atomic E-state index is -1.02. The molecule has 4 aromatic rings. The second kappa shape index (κ2) is 12.2. The summed E-state index contributed by atoms with van der Waals surface area (Å²) in [5.41, 5.74) is 1.69. The molecule has 0 aliphatic heterocycles. The predicted octanol–water partition coefficient (Wildman–Crippen LogP) is 5.35. The zero-order valence-corrected chi connectivity index (χ0v) is 25.1. The van der Waals surface area contributed by atoms with Gasteiger partial charge in [-0.15, -0.1) is 0 Å². The second-order valence-electron chi connectivity index (χ2n) is 10.7. The number of rotatable bonds is 7. The van der Waals surface area contributed by atoms with Crippen LogP contribution in [0.15, 0.2) is 64.2 Å². The lowest BCUT2D eigenvalue weighted by Gasteiger charge is -2.22. The first-order valence-electron chi connectivity index (χ1n) is 13.8. The maximum atomic E-state index is 13.5. The highest BCUT2D eigenvalue weighted by molar-refractivity contribution is 6.39. The quantitative estimate of drug-likeness (QED) is 0.286. The topological polar surface area (TPSA) is 99.4 Å². The zero-order valence-electron chi connectivity index (χ0n) is 23.6. The SMILES string of the molecule is Cc1c(-c2ccc(C[C@H](NC(=O)c3c(Cl)cccc3Cl)C(=O)OC3CCCC3)c3ccccc23)c(=O)n(C)c(=O)n1C. The van der Waals surface area contributed by atoms with Crippen molar-refractivity contribution in [2.24, 2.45) is 14.1 Å². The van der Waals surface area contributed by atoms with Crippen LogP contribution in [0.2, 0.25) is 10.0 Å². The number of hydrogen-bond acceptors (Lipinski definition) is 5. The Morgan fingerprint density at radius 1 is 0.929 bits per heavy atom. The third kappa shape index (κ3) is 5.61. The number of fused-ring (bicyclic) bond motifs is 1. The lowest BCUT2D eigenvalue weighted by atomic mass is 9.92. The lowest BCUT2D eigenvalue weighted by molar-refractivity contribution is -0.151. The molecule has 1 atom stereocenters. The van der Waals surface area contributed by atoms with E-state index in [2.05, 4.69) is 5.32 Å². The molecule has 5 rings (SSSR count). The number of halogens is 2. The van der Waals surface area contributed by atoms with Crippen molar-refractivity contribution in [1.29, 1.82) is 0 Å². The Morgan fingerprint density at radius 3 is 2.24 bits per heavy atom. The summed E-state index contributed by atoms with van der Waals surface area (Å²) in [6, 6.07) is 14.9. The van der Waals surface area contributed by atoms with Crippen LogP contribution in [-0.2, 0) is 30.0 Å². The molecular formula is C32H31Cl2N3O5. The molecule has 8 nitrogen and oxygen atoms in total. The van der Waals surface area contributed by atoms with Crippen LogP contribution in [0, 0.1) is 6.92 Å². The van der Waals surface area contributed by atoms with E-state index in [1.54, 1.807) is 32.2 Å². The van der Waals surface area contributed by atoms with Gasteiger partial charge in [-0.1, -0.05) is 65.7 Å². The fourth-order valence-electron chi connectivity index (χ4n) is 5.62. The lowest BCUT2D eigenvalue weighted by Crippen LogP contribution is -2.44. The summed E-state index contributed by atoms with van der Waals surface area (Å²) >= 11 is 12.6. The number of aromatic nitrogens is 2. The van der Waals surface area contributed by atoms with Crippen molar-refractivity contribution in [3.63, 3.8) is 0 Å². The Balaban J connectivity index is 1.57. The molecule has 1 N–H and O–H groups in total. The fourth-order valence-corrected chi connectivity index (χ4v) is 6.19. The average Bonchev–Trinajstić information content (AvgIpc) is 3.48. The molecule has 1 saturated carbocycles. The van der Waals surface area contributed by atoms with Crippen molar-refractivity contribution < 1.29 is 14.3 Å². The number of nitrogens with zero attached hydrogens (tertiary/aromatic N) is 2. The van der Waals surface area contributed by atoms with Gasteiger partial charge >= 0.3 is 11.7 Å². The molecule has 0 radical (unpaired) electrons. The summed E-state index contributed by atoms with van der Waals surface area (Å²) in [7, 11) is 3.09. The zero-order chi connectivity index (χ0) is 30.1. The number of carbonyl (C=O) groups is 2. The van der Waals surface area contributed by atoms with Crippen LogP contribution in [-0.4, -0.2) is 33.2 Å². The highest BCUT2D eigenvalue weighted by Crippen LogP contribution is 2.32. The molecule has 1 aromatic heterocycles. The average molecular weight is 609 g/mol. The maximum absolute atomic E-state index is 13.5. The summed E-state index contributed by atoms with van der Waals surface area (Å²) in [5.74, 6) is -1.11. The number of carbonyl (C=O) groups excluding carboxylic acids is 2. The largest absolute Gasteiger partial charge is 0.461 e. The van der Waals surface area contributed by atoms with Gasteiger partial charge in [0.05, 0.1) is 21.2 Å². The van der Waals surface area contributed by atoms with Crippen LogP contribution >= 0.6 is 23.2 Å². The summed E-state index contributed by atoms with van der Waals surface area (Å²) in [4.78, 5) is 52.6. The third-order valence-electron chi connectivity index (χ3n) is 8.03. The Morgan fingerprint density at radius 2 is 1.57 bits per heavy atom. The molecule has 1 fully saturated rings. The molecule has 1 aliphatic carbocycles. The first-order chi connectivity index (χ1) is 20.1. The molecule has 0 saturated heterocycles. The maximum Gasteiger partial charge on any atom is 0.330 e. The van der Waals surface area contributed by atoms with Crippen LogP contribution in [0.5, 0.6) is 0 Å². The van der Waals surface area contributed by atoms with E-state index in [0.717, 1.165) is 46.6 Å². The summed E-state index contributed by atoms with van der Waals surface area (Å²) in [6.45, 7) is 1.74. The molecule has 3 aromatic carbocycles. The van der Waals surface area contributed by atoms with Crippen molar-refractivity contribution in [2.45, 2.75) is 51.2 Å². The van der Waals surface area contributed by atoms with Gasteiger partial charge in [-0.05, 0) is 66.6 Å². The highest BCUT2D eigenvalue weighted by atomic mass is 35.5. The normalized spacial score (nSPS) is 14.2. The van der Waals surface area contributed by atoms with E-state index in [-0.39, 0.29) is 28.1 Å². The first-order valence-corrected chi connectivity index (χ1v) is 14.6. The summed E-state index contributed by atoms with van der Waals surface area (Å²) in [5, 5.41) is 4.74. The van der Waals surface area contributed by atoms with Gasteiger partial charge in [0.2, 0.25) is 0 Å². The minimum absolute atomic E-state index is 0.0840. The minimum Gasteiger partial charge on any atom is -0.461 e. The Bertz CT molecular complexity index is 1800. The van der Waals surface area contributed by atoms with Crippen LogP contribution in [0.25, 0.3) is 21.9 Å². The van der Waals surface area contributed by atoms with Crippen LogP contribution < -0.4 is 16.6 Å². The second-order valence-corrected chi connectivity index (χ2v) is 11.5. The molecule has 0 bridgehead atoms. The number of ether oxygens (including phenoxy) is 1. The van der Waals surface area contributed by atoms with E-state index in [1.165, 1.54) is 11.6 Å². The smallest absolute Gasteiger partial charge is 0.330 e. The Hall–Kier alpha value is -3.88. The van der Waals surface area contributed by atoms with E-state index in [0.29, 0.717) is 16.8 Å². The van der Waals surface area contributed by atoms with Crippen molar-refractivity contribution in [2.75, 3.05) is 0 Å². The Labute approximate surface area is 252 Å². The van der Waals surface area contributed by atoms with Crippen molar-refractivity contribution in [1.82, 2.24) is 14.5 Å². The van der Waals surface area contributed by atoms with Gasteiger partial charge in [0.25, 0.3) is 11.5 Å². The highest BCUT2D eigenvalue weighted by Gasteiger charge is 2.29. The van der Waals surface area contributed by atoms with Crippen LogP contribution in [0.4, 0.5) is 0 Å². The summed E-state index contributed by atoms with van der Waals surface area (Å²) < 4.78 is 8.36. The predicted molar refractivity (Wildman–Crippen MR) is 164 cm³/mol. The van der Waals surface area contributed by atoms with E-state index in [1.807, 2.05) is 36.4 Å². The number of benzene rings is 3. The number of amides is 1. The number of nitrogens with one attached hydrogen (secondary N) is 1. The first kappa shape index (κ1) is 29.6. The van der Waals surface area contributed by atoms with E-state index in [4.69, 9.17) is 27.9 Å². The van der Waals surface area contributed by atoms with E-state index in [9.17, 15) is 19.2 Å². The van der Waals surface area contributed by atoms with Gasteiger partial charge in [0, 0.05) is 26.2 Å². The molecule has 218 valence electrons. The monoisotopic (exact) mass is 607 g/mol. The molecule has 42 heavy (non-hydrogen) atoms. The van der Waals surface area contributed by atoms with Crippen molar-refractivity contribution in [3.05, 3.63) is 102 Å². The van der Waals surface area contributed by atoms with Crippen LogP contribution in [0.3, 0.4) is 0 Å². The fraction of sp³-hybridized carbons (Fsp3) is 0.312. The number of hydrogen-bond donors (Lipinski definition) is 1. The van der Waals surface area contributed by atoms with Gasteiger partial charge in [-0.25, -0.2) is 9.59 Å². The molecule has 10 heteroatoms. The van der Waals surface area contributed by atoms with E-state index < -0.39 is 29.2 Å². The number of esters is 1. The van der Waals surface area contributed by atoms with Crippen molar-refractivity contribution in [3.8, 4) is 11.1 Å². The molecule has 1 aliphatic rings. The molecule has 1 amide bonds. The molecule has 0 spiro atoms. The standard InChI is InChI=1S/C32H31Cl2N3O5/c1-18-27(30(39)37(3)32(41)36(18)2)23-16-15-19(21-11-6-7-12-22(21)23)17-26(31(40)42-20-9-4-5-10-20)35-29(38)28-24(33)13-8-14-25(28)34/h6-8,11-16,20,26H,4-5,9-10,17H2,1-3H3,(H,35,38)/t26-/m0/s1. The third-order valence-corrected chi connectivity index (χ3v) is 8.66. The molecule has 1 heterocycles. The Kier molecular flexibility index (Phi) is 8.57. The van der Waals surface area contributed by atoms with Crippen LogP contribution in [0.1, 0.15) is 47.3 Å². The van der Waals surface area contributed by atoms with Gasteiger partial charge < -0.3 is 14.6 Å². The van der Waals surface area contributed by atoms with Crippen molar-refractivity contribution >= 4 is 45.9 Å². The van der Waals surface area contributed by atoms with E-state index >= 15 is 0 Å². The van der Waals surface area contributed by atoms with Gasteiger partial charge in [0.1, 0.15) is 12.1 Å².